The number of nitro benzene ring substituents is 1. The average molecular weight is 347 g/mol. The maximum absolute atomic E-state index is 10.7. The van der Waals surface area contributed by atoms with E-state index in [2.05, 4.69) is 54.6 Å². The van der Waals surface area contributed by atoms with Gasteiger partial charge in [-0.25, -0.2) is 0 Å². The predicted octanol–water partition coefficient (Wildman–Crippen LogP) is 4.74. The fraction of sp³-hybridized carbons (Fsp3) is 0.0476. The number of non-ortho nitro benzene ring substituents is 1. The molecular formula is C21H18NO2P. The summed E-state index contributed by atoms with van der Waals surface area (Å²) >= 11 is 0. The first-order valence-electron chi connectivity index (χ1n) is 8.03. The number of benzene rings is 3. The first-order chi connectivity index (χ1) is 12.2. The van der Waals surface area contributed by atoms with Gasteiger partial charge in [-0.1, -0.05) is 72.8 Å². The van der Waals surface area contributed by atoms with Gasteiger partial charge in [-0.05, 0) is 42.4 Å². The molecule has 0 atom stereocenters. The second-order valence-corrected chi connectivity index (χ2v) is 7.79. The van der Waals surface area contributed by atoms with Crippen molar-refractivity contribution < 1.29 is 4.92 Å². The molecule has 0 saturated carbocycles. The van der Waals surface area contributed by atoms with Crippen molar-refractivity contribution in [3.8, 4) is 0 Å². The first-order valence-corrected chi connectivity index (χ1v) is 9.55. The van der Waals surface area contributed by atoms with Gasteiger partial charge in [0.25, 0.3) is 5.69 Å². The molecule has 0 aromatic heterocycles. The van der Waals surface area contributed by atoms with Crippen molar-refractivity contribution in [2.45, 2.75) is 0 Å². The Morgan fingerprint density at radius 1 is 0.800 bits per heavy atom. The van der Waals surface area contributed by atoms with E-state index in [1.165, 1.54) is 22.7 Å². The lowest BCUT2D eigenvalue weighted by molar-refractivity contribution is -0.384. The Kier molecular flexibility index (Phi) is 5.71. The van der Waals surface area contributed by atoms with Gasteiger partial charge in [-0.3, -0.25) is 10.1 Å². The Labute approximate surface area is 148 Å². The van der Waals surface area contributed by atoms with Crippen LogP contribution in [-0.2, 0) is 0 Å². The lowest BCUT2D eigenvalue weighted by atomic mass is 10.2. The molecule has 0 heterocycles. The molecule has 0 fully saturated rings. The van der Waals surface area contributed by atoms with Crippen LogP contribution in [0.25, 0.3) is 6.08 Å². The largest absolute Gasteiger partial charge is 0.269 e. The van der Waals surface area contributed by atoms with E-state index in [0.717, 1.165) is 11.7 Å². The van der Waals surface area contributed by atoms with Crippen LogP contribution < -0.4 is 10.6 Å². The monoisotopic (exact) mass is 347 g/mol. The third-order valence-corrected chi connectivity index (χ3v) is 6.26. The van der Waals surface area contributed by atoms with Gasteiger partial charge in [-0.2, -0.15) is 0 Å². The summed E-state index contributed by atoms with van der Waals surface area (Å²) in [5.41, 5.74) is 1.09. The molecule has 4 heteroatoms. The summed E-state index contributed by atoms with van der Waals surface area (Å²) < 4.78 is 0. The molecule has 0 radical (unpaired) electrons. The van der Waals surface area contributed by atoms with Gasteiger partial charge in [0.1, 0.15) is 0 Å². The molecule has 124 valence electrons. The zero-order valence-electron chi connectivity index (χ0n) is 13.7. The molecule has 3 nitrogen and oxygen atoms in total. The van der Waals surface area contributed by atoms with Crippen LogP contribution in [0.3, 0.4) is 0 Å². The Bertz CT molecular complexity index is 807. The number of allylic oxidation sites excluding steroid dienone is 1. The second-order valence-electron chi connectivity index (χ2n) is 5.53. The molecule has 0 spiro atoms. The van der Waals surface area contributed by atoms with E-state index in [4.69, 9.17) is 0 Å². The highest BCUT2D eigenvalue weighted by atomic mass is 31.1. The van der Waals surface area contributed by atoms with Gasteiger partial charge >= 0.3 is 0 Å². The van der Waals surface area contributed by atoms with Crippen LogP contribution in [0.5, 0.6) is 0 Å². The minimum absolute atomic E-state index is 0.118. The lowest BCUT2D eigenvalue weighted by Gasteiger charge is -2.16. The first kappa shape index (κ1) is 17.1. The minimum atomic E-state index is -0.459. The predicted molar refractivity (Wildman–Crippen MR) is 106 cm³/mol. The van der Waals surface area contributed by atoms with Crippen molar-refractivity contribution in [3.05, 3.63) is 107 Å². The molecule has 3 rings (SSSR count). The van der Waals surface area contributed by atoms with E-state index >= 15 is 0 Å². The summed E-state index contributed by atoms with van der Waals surface area (Å²) in [6, 6.07) is 27.7. The third-order valence-electron chi connectivity index (χ3n) is 3.84. The van der Waals surface area contributed by atoms with Crippen LogP contribution in [0.2, 0.25) is 0 Å². The van der Waals surface area contributed by atoms with Crippen molar-refractivity contribution in [3.63, 3.8) is 0 Å². The van der Waals surface area contributed by atoms with E-state index in [1.54, 1.807) is 12.1 Å². The zero-order chi connectivity index (χ0) is 17.5. The average Bonchev–Trinajstić information content (AvgIpc) is 2.67. The Balaban J connectivity index is 1.78. The molecule has 0 unspecified atom stereocenters. The van der Waals surface area contributed by atoms with E-state index in [9.17, 15) is 10.1 Å². The molecule has 0 amide bonds. The molecule has 0 aliphatic rings. The maximum Gasteiger partial charge on any atom is 0.269 e. The van der Waals surface area contributed by atoms with Crippen molar-refractivity contribution in [2.24, 2.45) is 0 Å². The molecule has 0 bridgehead atoms. The Morgan fingerprint density at radius 2 is 1.32 bits per heavy atom. The molecule has 0 aliphatic carbocycles. The van der Waals surface area contributed by atoms with Crippen LogP contribution in [0.1, 0.15) is 5.56 Å². The normalized spacial score (nSPS) is 11.1. The van der Waals surface area contributed by atoms with Gasteiger partial charge in [0.15, 0.2) is 0 Å². The van der Waals surface area contributed by atoms with Gasteiger partial charge in [0.05, 0.1) is 4.92 Å². The third kappa shape index (κ3) is 4.62. The lowest BCUT2D eigenvalue weighted by Crippen LogP contribution is -2.12. The summed E-state index contributed by atoms with van der Waals surface area (Å²) in [5, 5.41) is 13.4. The van der Waals surface area contributed by atoms with Crippen molar-refractivity contribution >= 4 is 30.3 Å². The molecule has 25 heavy (non-hydrogen) atoms. The second kappa shape index (κ2) is 8.36. The van der Waals surface area contributed by atoms with Crippen molar-refractivity contribution in [1.82, 2.24) is 0 Å². The number of nitro groups is 1. The van der Waals surface area contributed by atoms with Gasteiger partial charge < -0.3 is 0 Å². The highest BCUT2D eigenvalue weighted by Crippen LogP contribution is 2.33. The molecule has 0 saturated heterocycles. The van der Waals surface area contributed by atoms with Crippen LogP contribution >= 0.6 is 7.92 Å². The maximum atomic E-state index is 10.7. The van der Waals surface area contributed by atoms with Crippen molar-refractivity contribution in [1.29, 1.82) is 0 Å². The van der Waals surface area contributed by atoms with Gasteiger partial charge in [0.2, 0.25) is 0 Å². The van der Waals surface area contributed by atoms with Crippen LogP contribution in [0, 0.1) is 10.1 Å². The summed E-state index contributed by atoms with van der Waals surface area (Å²) in [6.07, 6.45) is 5.12. The van der Waals surface area contributed by atoms with E-state index in [-0.39, 0.29) is 10.6 Å². The molecule has 0 aliphatic heterocycles. The Morgan fingerprint density at radius 3 is 1.80 bits per heavy atom. The number of nitrogens with zero attached hydrogens (tertiary/aromatic N) is 1. The fourth-order valence-corrected chi connectivity index (χ4v) is 4.68. The van der Waals surface area contributed by atoms with E-state index in [0.29, 0.717) is 0 Å². The van der Waals surface area contributed by atoms with Gasteiger partial charge in [-0.15, -0.1) is 0 Å². The molecular weight excluding hydrogens is 329 g/mol. The molecule has 3 aromatic carbocycles. The van der Waals surface area contributed by atoms with Crippen LogP contribution in [0.4, 0.5) is 5.69 Å². The minimum Gasteiger partial charge on any atom is -0.258 e. The highest BCUT2D eigenvalue weighted by molar-refractivity contribution is 7.73. The Hall–Kier alpha value is -2.77. The zero-order valence-corrected chi connectivity index (χ0v) is 14.6. The van der Waals surface area contributed by atoms with E-state index < -0.39 is 7.92 Å². The van der Waals surface area contributed by atoms with Crippen molar-refractivity contribution in [2.75, 3.05) is 6.16 Å². The van der Waals surface area contributed by atoms with Crippen LogP contribution in [0.15, 0.2) is 91.0 Å². The van der Waals surface area contributed by atoms with E-state index in [1.807, 2.05) is 18.2 Å². The SMILES string of the molecule is O=[N+]([O-])c1ccc(/C=C\CP(c2ccccc2)c2ccccc2)cc1. The summed E-state index contributed by atoms with van der Waals surface area (Å²) in [6.45, 7) is 0. The fourth-order valence-electron chi connectivity index (χ4n) is 2.58. The number of hydrogen-bond acceptors (Lipinski definition) is 2. The summed E-state index contributed by atoms with van der Waals surface area (Å²) in [7, 11) is -0.459. The molecule has 0 N–H and O–H groups in total. The quantitative estimate of drug-likeness (QED) is 0.367. The smallest absolute Gasteiger partial charge is 0.258 e. The summed E-state index contributed by atoms with van der Waals surface area (Å²) in [4.78, 5) is 10.3. The summed E-state index contributed by atoms with van der Waals surface area (Å²) in [5.74, 6) is 0. The topological polar surface area (TPSA) is 43.1 Å². The molecule has 3 aromatic rings. The number of hydrogen-bond donors (Lipinski definition) is 0. The number of rotatable bonds is 6. The van der Waals surface area contributed by atoms with Crippen LogP contribution in [-0.4, -0.2) is 11.1 Å². The van der Waals surface area contributed by atoms with Gasteiger partial charge in [0, 0.05) is 12.1 Å². The standard InChI is InChI=1S/C21H18NO2P/c23-22(24)19-15-13-18(14-16-19)8-7-17-25(20-9-3-1-4-10-20)21-11-5-2-6-12-21/h1-16H,17H2/b8-7-. The highest BCUT2D eigenvalue weighted by Gasteiger charge is 2.11.